The van der Waals surface area contributed by atoms with Crippen molar-refractivity contribution in [2.45, 2.75) is 26.2 Å². The standard InChI is InChI=1S/C23H21F2N5O2/c1-13(29-21-11-20(32-30-21)23(2,3)4)28-14-6-5-7-15(8-14)31-22-16-9-17(24)18(25)10-19(16)26-12-27-22/h5-12,28H,1H2,2-4H3,(H,29,30). The summed E-state index contributed by atoms with van der Waals surface area (Å²) in [5.41, 5.74) is 0.755. The molecule has 0 aliphatic carbocycles. The van der Waals surface area contributed by atoms with Crippen molar-refractivity contribution in [3.8, 4) is 11.6 Å². The summed E-state index contributed by atoms with van der Waals surface area (Å²) in [4.78, 5) is 8.01. The normalized spacial score (nSPS) is 11.4. The largest absolute Gasteiger partial charge is 0.438 e. The van der Waals surface area contributed by atoms with Crippen molar-refractivity contribution >= 4 is 22.4 Å². The summed E-state index contributed by atoms with van der Waals surface area (Å²) in [5.74, 6) is 0.307. The van der Waals surface area contributed by atoms with E-state index in [-0.39, 0.29) is 22.2 Å². The van der Waals surface area contributed by atoms with Gasteiger partial charge >= 0.3 is 0 Å². The molecule has 0 bridgehead atoms. The van der Waals surface area contributed by atoms with E-state index in [9.17, 15) is 8.78 Å². The number of fused-ring (bicyclic) bond motifs is 1. The maximum absolute atomic E-state index is 13.7. The van der Waals surface area contributed by atoms with Crippen LogP contribution in [0.15, 0.2) is 65.7 Å². The van der Waals surface area contributed by atoms with E-state index in [4.69, 9.17) is 9.26 Å². The topological polar surface area (TPSA) is 85.1 Å². The highest BCUT2D eigenvalue weighted by molar-refractivity contribution is 5.83. The fraction of sp³-hybridized carbons (Fsp3) is 0.174. The highest BCUT2D eigenvalue weighted by atomic mass is 19.2. The van der Waals surface area contributed by atoms with Gasteiger partial charge in [0.15, 0.2) is 17.5 Å². The molecule has 0 saturated heterocycles. The number of halogens is 2. The number of ether oxygens (including phenoxy) is 1. The monoisotopic (exact) mass is 437 g/mol. The molecule has 2 aromatic heterocycles. The van der Waals surface area contributed by atoms with E-state index in [1.54, 1.807) is 18.2 Å². The van der Waals surface area contributed by atoms with E-state index in [2.05, 4.69) is 32.3 Å². The highest BCUT2D eigenvalue weighted by Crippen LogP contribution is 2.30. The van der Waals surface area contributed by atoms with Crippen molar-refractivity contribution in [3.05, 3.63) is 78.6 Å². The quantitative estimate of drug-likeness (QED) is 0.384. The van der Waals surface area contributed by atoms with Crippen LogP contribution in [0, 0.1) is 11.6 Å². The fourth-order valence-corrected chi connectivity index (χ4v) is 2.91. The summed E-state index contributed by atoms with van der Waals surface area (Å²) >= 11 is 0. The molecule has 0 unspecified atom stereocenters. The molecular formula is C23H21F2N5O2. The molecule has 9 heteroatoms. The molecule has 0 radical (unpaired) electrons. The van der Waals surface area contributed by atoms with E-state index < -0.39 is 11.6 Å². The summed E-state index contributed by atoms with van der Waals surface area (Å²) in [5, 5.41) is 10.4. The van der Waals surface area contributed by atoms with Crippen LogP contribution in [0.25, 0.3) is 10.9 Å². The number of rotatable bonds is 6. The van der Waals surface area contributed by atoms with Crippen LogP contribution in [0.4, 0.5) is 20.3 Å². The minimum Gasteiger partial charge on any atom is -0.438 e. The average Bonchev–Trinajstić information content (AvgIpc) is 3.18. The fourth-order valence-electron chi connectivity index (χ4n) is 2.91. The number of anilines is 2. The zero-order valence-electron chi connectivity index (χ0n) is 17.7. The molecule has 0 spiro atoms. The van der Waals surface area contributed by atoms with Crippen LogP contribution in [0.1, 0.15) is 26.5 Å². The van der Waals surface area contributed by atoms with Gasteiger partial charge in [0.2, 0.25) is 5.88 Å². The first-order valence-electron chi connectivity index (χ1n) is 9.77. The molecule has 4 rings (SSSR count). The van der Waals surface area contributed by atoms with Crippen LogP contribution in [0.5, 0.6) is 11.6 Å². The third-order valence-corrected chi connectivity index (χ3v) is 4.51. The van der Waals surface area contributed by atoms with Crippen molar-refractivity contribution in [2.75, 3.05) is 10.6 Å². The lowest BCUT2D eigenvalue weighted by molar-refractivity contribution is 0.331. The lowest BCUT2D eigenvalue weighted by Gasteiger charge is -2.13. The predicted octanol–water partition coefficient (Wildman–Crippen LogP) is 5.98. The first kappa shape index (κ1) is 21.2. The van der Waals surface area contributed by atoms with Gasteiger partial charge in [0.1, 0.15) is 23.7 Å². The van der Waals surface area contributed by atoms with Crippen molar-refractivity contribution in [3.63, 3.8) is 0 Å². The molecule has 32 heavy (non-hydrogen) atoms. The Labute approximate surface area is 183 Å². The number of aromatic nitrogens is 3. The number of hydrogen-bond acceptors (Lipinski definition) is 7. The third kappa shape index (κ3) is 4.66. The second-order valence-corrected chi connectivity index (χ2v) is 8.15. The predicted molar refractivity (Wildman–Crippen MR) is 118 cm³/mol. The van der Waals surface area contributed by atoms with Gasteiger partial charge in [-0.3, -0.25) is 0 Å². The number of hydrogen-bond donors (Lipinski definition) is 2. The molecule has 2 aromatic carbocycles. The van der Waals surface area contributed by atoms with Gasteiger partial charge < -0.3 is 19.9 Å². The Morgan fingerprint density at radius 2 is 1.81 bits per heavy atom. The van der Waals surface area contributed by atoms with Crippen LogP contribution in [0.2, 0.25) is 0 Å². The second kappa shape index (κ2) is 8.26. The maximum atomic E-state index is 13.7. The van der Waals surface area contributed by atoms with E-state index in [1.807, 2.05) is 32.9 Å². The van der Waals surface area contributed by atoms with Gasteiger partial charge in [0.05, 0.1) is 10.9 Å². The van der Waals surface area contributed by atoms with Crippen LogP contribution < -0.4 is 15.4 Å². The molecule has 2 N–H and O–H groups in total. The molecule has 4 aromatic rings. The Morgan fingerprint density at radius 3 is 2.56 bits per heavy atom. The van der Waals surface area contributed by atoms with Crippen molar-refractivity contribution < 1.29 is 18.0 Å². The number of nitrogens with zero attached hydrogens (tertiary/aromatic N) is 3. The Bertz CT molecular complexity index is 1300. The van der Waals surface area contributed by atoms with E-state index >= 15 is 0 Å². The minimum absolute atomic E-state index is 0.111. The number of benzene rings is 2. The summed E-state index contributed by atoms with van der Waals surface area (Å²) in [6, 6.07) is 10.8. The average molecular weight is 437 g/mol. The lowest BCUT2D eigenvalue weighted by Crippen LogP contribution is -2.10. The van der Waals surface area contributed by atoms with Crippen LogP contribution in [-0.2, 0) is 5.41 Å². The first-order chi connectivity index (χ1) is 15.2. The minimum atomic E-state index is -1.00. The van der Waals surface area contributed by atoms with Gasteiger partial charge in [-0.2, -0.15) is 0 Å². The molecular weight excluding hydrogens is 416 g/mol. The Hall–Kier alpha value is -4.01. The van der Waals surface area contributed by atoms with Gasteiger partial charge in [-0.15, -0.1) is 0 Å². The van der Waals surface area contributed by atoms with E-state index in [1.165, 1.54) is 6.33 Å². The molecule has 0 amide bonds. The first-order valence-corrected chi connectivity index (χ1v) is 9.77. The molecule has 0 aliphatic heterocycles. The van der Waals surface area contributed by atoms with Crippen molar-refractivity contribution in [1.29, 1.82) is 0 Å². The SMILES string of the molecule is C=C(Nc1cccc(Oc2ncnc3cc(F)c(F)cc23)c1)Nc1cc(C(C)(C)C)on1. The number of nitrogens with one attached hydrogen (secondary N) is 2. The zero-order chi connectivity index (χ0) is 22.9. The van der Waals surface area contributed by atoms with Gasteiger partial charge in [-0.05, 0) is 18.2 Å². The third-order valence-electron chi connectivity index (χ3n) is 4.51. The van der Waals surface area contributed by atoms with E-state index in [0.717, 1.165) is 17.9 Å². The zero-order valence-corrected chi connectivity index (χ0v) is 17.7. The second-order valence-electron chi connectivity index (χ2n) is 8.15. The Morgan fingerprint density at radius 1 is 1.03 bits per heavy atom. The lowest BCUT2D eigenvalue weighted by atomic mass is 9.93. The molecule has 7 nitrogen and oxygen atoms in total. The highest BCUT2D eigenvalue weighted by Gasteiger charge is 2.19. The Balaban J connectivity index is 1.48. The Kier molecular flexibility index (Phi) is 5.48. The van der Waals surface area contributed by atoms with Crippen LogP contribution >= 0.6 is 0 Å². The summed E-state index contributed by atoms with van der Waals surface area (Å²) < 4.78 is 38.3. The van der Waals surface area contributed by atoms with Crippen molar-refractivity contribution in [2.24, 2.45) is 0 Å². The molecule has 0 aliphatic rings. The molecule has 164 valence electrons. The smallest absolute Gasteiger partial charge is 0.230 e. The molecule has 0 saturated carbocycles. The van der Waals surface area contributed by atoms with Gasteiger partial charge in [-0.1, -0.05) is 38.6 Å². The van der Waals surface area contributed by atoms with Crippen molar-refractivity contribution in [1.82, 2.24) is 15.1 Å². The summed E-state index contributed by atoms with van der Waals surface area (Å²) in [7, 11) is 0. The molecule has 2 heterocycles. The van der Waals surface area contributed by atoms with Gasteiger partial charge in [0.25, 0.3) is 0 Å². The summed E-state index contributed by atoms with van der Waals surface area (Å²) in [6.07, 6.45) is 1.23. The molecule has 0 atom stereocenters. The van der Waals surface area contributed by atoms with Crippen LogP contribution in [0.3, 0.4) is 0 Å². The molecule has 0 fully saturated rings. The van der Waals surface area contributed by atoms with E-state index in [0.29, 0.717) is 23.1 Å². The van der Waals surface area contributed by atoms with Gasteiger partial charge in [-0.25, -0.2) is 18.7 Å². The summed E-state index contributed by atoms with van der Waals surface area (Å²) in [6.45, 7) is 10.0. The van der Waals surface area contributed by atoms with Gasteiger partial charge in [0, 0.05) is 29.3 Å². The van der Waals surface area contributed by atoms with Crippen LogP contribution in [-0.4, -0.2) is 15.1 Å². The maximum Gasteiger partial charge on any atom is 0.230 e.